The van der Waals surface area contributed by atoms with Gasteiger partial charge in [-0.3, -0.25) is 9.59 Å². The SMILES string of the molecule is CCOC(=O)CC1=CC(S[C@H](C)C(=O)NCCc2ccc(Cl)cc2)=Nc2ccccc2N1. The second-order valence-corrected chi connectivity index (χ2v) is 8.97. The number of aliphatic imine (C=N–C) groups is 1. The van der Waals surface area contributed by atoms with E-state index in [0.717, 1.165) is 23.4 Å². The number of fused-ring (bicyclic) bond motifs is 1. The molecule has 1 aliphatic rings. The van der Waals surface area contributed by atoms with Crippen molar-refractivity contribution < 1.29 is 14.3 Å². The molecule has 2 N–H and O–H groups in total. The molecule has 0 fully saturated rings. The van der Waals surface area contributed by atoms with Crippen molar-refractivity contribution in [2.45, 2.75) is 31.9 Å². The Labute approximate surface area is 197 Å². The van der Waals surface area contributed by atoms with Gasteiger partial charge in [0.15, 0.2) is 0 Å². The third kappa shape index (κ3) is 7.14. The van der Waals surface area contributed by atoms with E-state index in [-0.39, 0.29) is 23.5 Å². The highest BCUT2D eigenvalue weighted by atomic mass is 35.5. The number of amides is 1. The molecule has 1 amide bonds. The molecule has 0 saturated carbocycles. The quantitative estimate of drug-likeness (QED) is 0.523. The van der Waals surface area contributed by atoms with Crippen molar-refractivity contribution >= 4 is 51.7 Å². The lowest BCUT2D eigenvalue weighted by Gasteiger charge is -2.12. The Bertz CT molecular complexity index is 1020. The fraction of sp³-hybridized carbons (Fsp3) is 0.292. The van der Waals surface area contributed by atoms with E-state index in [2.05, 4.69) is 10.6 Å². The van der Waals surface area contributed by atoms with E-state index in [1.807, 2.05) is 55.5 Å². The number of benzene rings is 2. The van der Waals surface area contributed by atoms with Crippen molar-refractivity contribution in [2.24, 2.45) is 4.99 Å². The van der Waals surface area contributed by atoms with Crippen LogP contribution in [-0.4, -0.2) is 35.3 Å². The first-order valence-electron chi connectivity index (χ1n) is 10.4. The molecule has 0 radical (unpaired) electrons. The zero-order valence-electron chi connectivity index (χ0n) is 18.1. The second kappa shape index (κ2) is 11.7. The molecule has 8 heteroatoms. The highest BCUT2D eigenvalue weighted by molar-refractivity contribution is 8.15. The summed E-state index contributed by atoms with van der Waals surface area (Å²) in [5.41, 5.74) is 3.34. The Morgan fingerprint density at radius 2 is 1.94 bits per heavy atom. The van der Waals surface area contributed by atoms with Crippen molar-refractivity contribution in [1.29, 1.82) is 0 Å². The van der Waals surface area contributed by atoms with E-state index in [1.54, 1.807) is 13.0 Å². The van der Waals surface area contributed by atoms with Crippen LogP contribution in [0.5, 0.6) is 0 Å². The highest BCUT2D eigenvalue weighted by Crippen LogP contribution is 2.32. The van der Waals surface area contributed by atoms with Crippen LogP contribution < -0.4 is 10.6 Å². The lowest BCUT2D eigenvalue weighted by Crippen LogP contribution is -2.33. The van der Waals surface area contributed by atoms with Crippen LogP contribution in [0.2, 0.25) is 5.02 Å². The van der Waals surface area contributed by atoms with Crippen LogP contribution in [0.25, 0.3) is 0 Å². The Balaban J connectivity index is 1.64. The number of hydrogen-bond acceptors (Lipinski definition) is 6. The average molecular weight is 472 g/mol. The van der Waals surface area contributed by atoms with Crippen molar-refractivity contribution in [3.8, 4) is 0 Å². The number of hydrogen-bond donors (Lipinski definition) is 2. The number of nitrogens with zero attached hydrogens (tertiary/aromatic N) is 1. The lowest BCUT2D eigenvalue weighted by molar-refractivity contribution is -0.142. The molecule has 2 aromatic rings. The van der Waals surface area contributed by atoms with Crippen LogP contribution in [0.1, 0.15) is 25.8 Å². The number of thioether (sulfide) groups is 1. The minimum absolute atomic E-state index is 0.0718. The number of carbonyl (C=O) groups is 2. The third-order valence-electron chi connectivity index (χ3n) is 4.66. The third-order valence-corrected chi connectivity index (χ3v) is 5.93. The minimum atomic E-state index is -0.357. The molecule has 1 aliphatic heterocycles. The van der Waals surface area contributed by atoms with E-state index in [9.17, 15) is 9.59 Å². The summed E-state index contributed by atoms with van der Waals surface area (Å²) < 4.78 is 5.08. The molecule has 2 aromatic carbocycles. The maximum Gasteiger partial charge on any atom is 0.311 e. The number of carbonyl (C=O) groups excluding carboxylic acids is 2. The molecule has 168 valence electrons. The minimum Gasteiger partial charge on any atom is -0.466 e. The summed E-state index contributed by atoms with van der Waals surface area (Å²) in [6.07, 6.45) is 2.63. The van der Waals surface area contributed by atoms with Gasteiger partial charge in [0.05, 0.1) is 34.7 Å². The van der Waals surface area contributed by atoms with Crippen LogP contribution >= 0.6 is 23.4 Å². The summed E-state index contributed by atoms with van der Waals surface area (Å²) >= 11 is 7.26. The molecule has 0 saturated heterocycles. The van der Waals surface area contributed by atoms with E-state index >= 15 is 0 Å². The smallest absolute Gasteiger partial charge is 0.311 e. The van der Waals surface area contributed by atoms with Crippen LogP contribution in [0.15, 0.2) is 65.3 Å². The molecule has 1 atom stereocenters. The van der Waals surface area contributed by atoms with Gasteiger partial charge in [0, 0.05) is 17.3 Å². The van der Waals surface area contributed by atoms with Crippen LogP contribution in [0.3, 0.4) is 0 Å². The second-order valence-electron chi connectivity index (χ2n) is 7.17. The van der Waals surface area contributed by atoms with Crippen LogP contribution in [0.4, 0.5) is 11.4 Å². The first kappa shape index (κ1) is 23.9. The number of anilines is 1. The van der Waals surface area contributed by atoms with Gasteiger partial charge in [-0.05, 0) is 56.2 Å². The predicted molar refractivity (Wildman–Crippen MR) is 132 cm³/mol. The molecular weight excluding hydrogens is 446 g/mol. The number of esters is 1. The Morgan fingerprint density at radius 1 is 1.19 bits per heavy atom. The molecule has 32 heavy (non-hydrogen) atoms. The molecule has 0 bridgehead atoms. The summed E-state index contributed by atoms with van der Waals surface area (Å²) in [4.78, 5) is 29.3. The summed E-state index contributed by atoms with van der Waals surface area (Å²) in [5.74, 6) is -0.388. The fourth-order valence-corrected chi connectivity index (χ4v) is 4.11. The van der Waals surface area contributed by atoms with Gasteiger partial charge >= 0.3 is 5.97 Å². The van der Waals surface area contributed by atoms with E-state index in [0.29, 0.717) is 28.9 Å². The van der Waals surface area contributed by atoms with Crippen molar-refractivity contribution in [2.75, 3.05) is 18.5 Å². The molecule has 0 spiro atoms. The van der Waals surface area contributed by atoms with Gasteiger partial charge in [-0.25, -0.2) is 4.99 Å². The molecular formula is C24H26ClN3O3S. The Hall–Kier alpha value is -2.77. The van der Waals surface area contributed by atoms with Gasteiger partial charge in [0.1, 0.15) is 0 Å². The van der Waals surface area contributed by atoms with Gasteiger partial charge in [-0.1, -0.05) is 47.6 Å². The van der Waals surface area contributed by atoms with Gasteiger partial charge < -0.3 is 15.4 Å². The van der Waals surface area contributed by atoms with Crippen molar-refractivity contribution in [3.05, 3.63) is 70.9 Å². The lowest BCUT2D eigenvalue weighted by atomic mass is 10.1. The summed E-state index contributed by atoms with van der Waals surface area (Å²) in [5, 5.41) is 7.22. The van der Waals surface area contributed by atoms with Crippen LogP contribution in [0, 0.1) is 0 Å². The Morgan fingerprint density at radius 3 is 2.69 bits per heavy atom. The van der Waals surface area contributed by atoms with E-state index in [1.165, 1.54) is 11.8 Å². The average Bonchev–Trinajstić information content (AvgIpc) is 2.93. The molecule has 1 heterocycles. The zero-order chi connectivity index (χ0) is 22.9. The number of para-hydroxylation sites is 2. The van der Waals surface area contributed by atoms with Crippen molar-refractivity contribution in [1.82, 2.24) is 5.32 Å². The predicted octanol–water partition coefficient (Wildman–Crippen LogP) is 5.11. The molecule has 6 nitrogen and oxygen atoms in total. The largest absolute Gasteiger partial charge is 0.466 e. The molecule has 0 unspecified atom stereocenters. The normalized spacial score (nSPS) is 13.6. The fourth-order valence-electron chi connectivity index (χ4n) is 3.07. The van der Waals surface area contributed by atoms with Crippen LogP contribution in [-0.2, 0) is 20.7 Å². The summed E-state index contributed by atoms with van der Waals surface area (Å²) in [6, 6.07) is 15.2. The Kier molecular flexibility index (Phi) is 8.76. The highest BCUT2D eigenvalue weighted by Gasteiger charge is 2.19. The van der Waals surface area contributed by atoms with Gasteiger partial charge in [-0.2, -0.15) is 0 Å². The number of nitrogens with one attached hydrogen (secondary N) is 2. The van der Waals surface area contributed by atoms with Crippen molar-refractivity contribution in [3.63, 3.8) is 0 Å². The standard InChI is InChI=1S/C24H26ClN3O3S/c1-3-31-23(29)15-19-14-22(28-21-7-5-4-6-20(21)27-19)32-16(2)24(30)26-13-12-17-8-10-18(25)11-9-17/h4-11,14,16,27H,3,12-13,15H2,1-2H3,(H,26,30)/t16-/m1/s1. The molecule has 0 aliphatic carbocycles. The van der Waals surface area contributed by atoms with Gasteiger partial charge in [0.25, 0.3) is 0 Å². The van der Waals surface area contributed by atoms with Gasteiger partial charge in [-0.15, -0.1) is 0 Å². The number of ether oxygens (including phenoxy) is 1. The number of halogens is 1. The summed E-state index contributed by atoms with van der Waals surface area (Å²) in [7, 11) is 0. The summed E-state index contributed by atoms with van der Waals surface area (Å²) in [6.45, 7) is 4.48. The molecule has 0 aromatic heterocycles. The first-order valence-corrected chi connectivity index (χ1v) is 11.7. The van der Waals surface area contributed by atoms with E-state index < -0.39 is 0 Å². The van der Waals surface area contributed by atoms with Gasteiger partial charge in [0.2, 0.25) is 5.91 Å². The monoisotopic (exact) mass is 471 g/mol. The molecule has 3 rings (SSSR count). The topological polar surface area (TPSA) is 79.8 Å². The van der Waals surface area contributed by atoms with E-state index in [4.69, 9.17) is 21.3 Å². The zero-order valence-corrected chi connectivity index (χ0v) is 19.6. The number of rotatable bonds is 8. The maximum atomic E-state index is 12.6. The first-order chi connectivity index (χ1) is 15.4. The maximum absolute atomic E-state index is 12.6.